The zero-order chi connectivity index (χ0) is 5.98. The predicted octanol–water partition coefficient (Wildman–Crippen LogP) is -0.968. The molecule has 9 heavy (non-hydrogen) atoms. The molecule has 1 heterocycles. The summed E-state index contributed by atoms with van der Waals surface area (Å²) in [5.41, 5.74) is 0. The molecule has 0 aromatic carbocycles. The van der Waals surface area contributed by atoms with Gasteiger partial charge in [-0.15, -0.1) is 0 Å². The number of carboxylic acid groups (broad SMARTS) is 1. The molecule has 0 aliphatic carbocycles. The second-order valence-electron chi connectivity index (χ2n) is 2.03. The van der Waals surface area contributed by atoms with E-state index in [9.17, 15) is 4.79 Å². The van der Waals surface area contributed by atoms with Gasteiger partial charge in [0.05, 0.1) is 5.92 Å². The van der Waals surface area contributed by atoms with Gasteiger partial charge in [-0.05, 0) is 13.0 Å². The summed E-state index contributed by atoms with van der Waals surface area (Å²) in [5.74, 6) is -0.801. The molecule has 2 N–H and O–H groups in total. The molecule has 1 unspecified atom stereocenters. The standard InChI is InChI=1S/C5H9NO2.Na.H/c7-5(8)4-1-2-6-3-4;;/h4,6H,1-3H2,(H,7,8);;. The van der Waals surface area contributed by atoms with Crippen molar-refractivity contribution in [1.29, 1.82) is 0 Å². The van der Waals surface area contributed by atoms with Crippen molar-refractivity contribution < 1.29 is 9.90 Å². The molecule has 1 saturated heterocycles. The van der Waals surface area contributed by atoms with E-state index in [1.165, 1.54) is 0 Å². The number of carboxylic acids is 1. The normalized spacial score (nSPS) is 25.1. The zero-order valence-electron chi connectivity index (χ0n) is 4.55. The van der Waals surface area contributed by atoms with Crippen LogP contribution in [-0.2, 0) is 4.79 Å². The Kier molecular flexibility index (Phi) is 4.48. The Balaban J connectivity index is 0.000000640. The number of hydrogen-bond acceptors (Lipinski definition) is 2. The van der Waals surface area contributed by atoms with Crippen LogP contribution in [0.1, 0.15) is 6.42 Å². The van der Waals surface area contributed by atoms with E-state index in [2.05, 4.69) is 5.32 Å². The molecule has 4 heteroatoms. The average Bonchev–Trinajstić information content (AvgIpc) is 2.12. The fraction of sp³-hybridized carbons (Fsp3) is 0.800. The molecule has 1 aliphatic rings. The molecule has 3 nitrogen and oxygen atoms in total. The predicted molar refractivity (Wildman–Crippen MR) is 35.8 cm³/mol. The van der Waals surface area contributed by atoms with Crippen molar-refractivity contribution in [3.8, 4) is 0 Å². The van der Waals surface area contributed by atoms with Crippen molar-refractivity contribution in [2.45, 2.75) is 6.42 Å². The average molecular weight is 139 g/mol. The van der Waals surface area contributed by atoms with Crippen molar-refractivity contribution in [1.82, 2.24) is 5.32 Å². The molecule has 0 bridgehead atoms. The Bertz CT molecular complexity index is 101. The fourth-order valence-electron chi connectivity index (χ4n) is 0.865. The molecular formula is C5H10NNaO2. The van der Waals surface area contributed by atoms with Gasteiger partial charge in [0.1, 0.15) is 0 Å². The summed E-state index contributed by atoms with van der Waals surface area (Å²) < 4.78 is 0. The van der Waals surface area contributed by atoms with E-state index in [1.807, 2.05) is 0 Å². The van der Waals surface area contributed by atoms with Crippen LogP contribution >= 0.6 is 0 Å². The van der Waals surface area contributed by atoms with Crippen LogP contribution in [0.15, 0.2) is 0 Å². The monoisotopic (exact) mass is 139 g/mol. The second-order valence-corrected chi connectivity index (χ2v) is 2.03. The number of aliphatic carboxylic acids is 1. The maximum atomic E-state index is 10.2. The van der Waals surface area contributed by atoms with E-state index in [4.69, 9.17) is 5.11 Å². The topological polar surface area (TPSA) is 49.3 Å². The first-order valence-corrected chi connectivity index (χ1v) is 2.74. The van der Waals surface area contributed by atoms with E-state index in [0.29, 0.717) is 6.54 Å². The molecule has 0 saturated carbocycles. The van der Waals surface area contributed by atoms with E-state index >= 15 is 0 Å². The van der Waals surface area contributed by atoms with Gasteiger partial charge in [0.25, 0.3) is 0 Å². The minimum atomic E-state index is -0.671. The Morgan fingerprint density at radius 1 is 1.67 bits per heavy atom. The van der Waals surface area contributed by atoms with E-state index < -0.39 is 5.97 Å². The molecule has 1 atom stereocenters. The number of nitrogens with one attached hydrogen (secondary N) is 1. The van der Waals surface area contributed by atoms with Crippen molar-refractivity contribution >= 4 is 35.5 Å². The number of rotatable bonds is 1. The van der Waals surface area contributed by atoms with Gasteiger partial charge in [-0.1, -0.05) is 0 Å². The summed E-state index contributed by atoms with van der Waals surface area (Å²) >= 11 is 0. The van der Waals surface area contributed by atoms with Gasteiger partial charge in [0.2, 0.25) is 0 Å². The fourth-order valence-corrected chi connectivity index (χ4v) is 0.865. The van der Waals surface area contributed by atoms with Gasteiger partial charge in [-0.25, -0.2) is 0 Å². The molecule has 1 rings (SSSR count). The van der Waals surface area contributed by atoms with Crippen molar-refractivity contribution in [2.24, 2.45) is 5.92 Å². The van der Waals surface area contributed by atoms with Crippen LogP contribution in [0.4, 0.5) is 0 Å². The number of hydrogen-bond donors (Lipinski definition) is 2. The van der Waals surface area contributed by atoms with Crippen molar-refractivity contribution in [3.05, 3.63) is 0 Å². The summed E-state index contributed by atoms with van der Waals surface area (Å²) in [5, 5.41) is 11.3. The van der Waals surface area contributed by atoms with Crippen LogP contribution in [-0.4, -0.2) is 53.7 Å². The van der Waals surface area contributed by atoms with Crippen LogP contribution in [0.3, 0.4) is 0 Å². The van der Waals surface area contributed by atoms with Crippen LogP contribution < -0.4 is 5.32 Å². The Morgan fingerprint density at radius 3 is 2.56 bits per heavy atom. The van der Waals surface area contributed by atoms with Gasteiger partial charge < -0.3 is 10.4 Å². The van der Waals surface area contributed by atoms with E-state index in [0.717, 1.165) is 13.0 Å². The SMILES string of the molecule is O=C(O)C1CCNC1.[NaH]. The maximum absolute atomic E-state index is 10.2. The summed E-state index contributed by atoms with van der Waals surface area (Å²) in [6, 6.07) is 0. The van der Waals surface area contributed by atoms with Crippen molar-refractivity contribution in [2.75, 3.05) is 13.1 Å². The molecule has 0 aromatic heterocycles. The van der Waals surface area contributed by atoms with Gasteiger partial charge >= 0.3 is 35.5 Å². The summed E-state index contributed by atoms with van der Waals surface area (Å²) in [6.45, 7) is 1.51. The van der Waals surface area contributed by atoms with Crippen LogP contribution in [0.2, 0.25) is 0 Å². The molecule has 1 aliphatic heterocycles. The minimum absolute atomic E-state index is 0. The van der Waals surface area contributed by atoms with Crippen LogP contribution in [0.25, 0.3) is 0 Å². The quantitative estimate of drug-likeness (QED) is 0.460. The first kappa shape index (κ1) is 9.43. The molecule has 1 fully saturated rings. The third-order valence-corrected chi connectivity index (χ3v) is 1.41. The van der Waals surface area contributed by atoms with Crippen LogP contribution in [0.5, 0.6) is 0 Å². The molecule has 48 valence electrons. The summed E-state index contributed by atoms with van der Waals surface area (Å²) in [7, 11) is 0. The molecular weight excluding hydrogens is 129 g/mol. The third-order valence-electron chi connectivity index (χ3n) is 1.41. The number of carbonyl (C=O) groups is 1. The van der Waals surface area contributed by atoms with Gasteiger partial charge in [-0.2, -0.15) is 0 Å². The van der Waals surface area contributed by atoms with Gasteiger partial charge in [-0.3, -0.25) is 4.79 Å². The Morgan fingerprint density at radius 2 is 2.33 bits per heavy atom. The Hall–Kier alpha value is 0.430. The Labute approximate surface area is 76.1 Å². The summed E-state index contributed by atoms with van der Waals surface area (Å²) in [6.07, 6.45) is 0.787. The molecule has 0 spiro atoms. The van der Waals surface area contributed by atoms with E-state index in [1.54, 1.807) is 0 Å². The second kappa shape index (κ2) is 4.28. The molecule has 0 radical (unpaired) electrons. The van der Waals surface area contributed by atoms with E-state index in [-0.39, 0.29) is 35.5 Å². The molecule has 0 amide bonds. The van der Waals surface area contributed by atoms with Gasteiger partial charge in [0.15, 0.2) is 0 Å². The molecule has 0 aromatic rings. The summed E-state index contributed by atoms with van der Waals surface area (Å²) in [4.78, 5) is 10.2. The van der Waals surface area contributed by atoms with Crippen LogP contribution in [0, 0.1) is 5.92 Å². The van der Waals surface area contributed by atoms with Gasteiger partial charge in [0, 0.05) is 6.54 Å². The first-order valence-electron chi connectivity index (χ1n) is 2.74. The van der Waals surface area contributed by atoms with Crippen molar-refractivity contribution in [3.63, 3.8) is 0 Å². The third kappa shape index (κ3) is 2.67. The zero-order valence-corrected chi connectivity index (χ0v) is 4.55. The first-order chi connectivity index (χ1) is 3.80.